The molecule has 0 N–H and O–H groups in total. The fourth-order valence-electron chi connectivity index (χ4n) is 3.36. The fourth-order valence-corrected chi connectivity index (χ4v) is 6.02. The molecule has 0 saturated carbocycles. The Kier molecular flexibility index (Phi) is 7.30. The van der Waals surface area contributed by atoms with Crippen LogP contribution in [0.2, 0.25) is 5.02 Å². The molecule has 1 amide bonds. The zero-order valence-electron chi connectivity index (χ0n) is 16.7. The van der Waals surface area contributed by atoms with E-state index in [-0.39, 0.29) is 12.3 Å². The quantitative estimate of drug-likeness (QED) is 0.656. The second-order valence-corrected chi connectivity index (χ2v) is 11.7. The Morgan fingerprint density at radius 3 is 2.48 bits per heavy atom. The molecule has 3 rings (SSSR count). The number of carbonyl (C=O) groups excluding carboxylic acids is 1. The Morgan fingerprint density at radius 2 is 1.83 bits per heavy atom. The summed E-state index contributed by atoms with van der Waals surface area (Å²) in [6, 6.07) is 14.6. The monoisotopic (exact) mass is 451 g/mol. The van der Waals surface area contributed by atoms with Crippen LogP contribution in [-0.4, -0.2) is 43.3 Å². The number of carbonyl (C=O) groups is 1. The third-order valence-corrected chi connectivity index (χ3v) is 9.00. The summed E-state index contributed by atoms with van der Waals surface area (Å²) in [5, 5.41) is 0.610. The first-order chi connectivity index (χ1) is 13.8. The largest absolute Gasteiger partial charge is 0.342 e. The molecular formula is C22H26ClNO3S2. The highest BCUT2D eigenvalue weighted by Gasteiger charge is 2.24. The normalized spacial score (nSPS) is 17.9. The minimum atomic E-state index is -3.29. The van der Waals surface area contributed by atoms with E-state index in [0.717, 1.165) is 28.3 Å². The Morgan fingerprint density at radius 1 is 1.14 bits per heavy atom. The summed E-state index contributed by atoms with van der Waals surface area (Å²) in [6.07, 6.45) is 1.15. The first kappa shape index (κ1) is 22.2. The van der Waals surface area contributed by atoms with Gasteiger partial charge in [-0.15, -0.1) is 0 Å². The van der Waals surface area contributed by atoms with Crippen LogP contribution in [0.5, 0.6) is 0 Å². The number of sulfone groups is 1. The van der Waals surface area contributed by atoms with Gasteiger partial charge in [-0.1, -0.05) is 41.9 Å². The first-order valence-corrected chi connectivity index (χ1v) is 12.7. The van der Waals surface area contributed by atoms with Gasteiger partial charge in [-0.2, -0.15) is 11.8 Å². The maximum absolute atomic E-state index is 12.8. The van der Waals surface area contributed by atoms with E-state index in [4.69, 9.17) is 11.6 Å². The summed E-state index contributed by atoms with van der Waals surface area (Å²) in [7, 11) is -3.29. The van der Waals surface area contributed by atoms with E-state index < -0.39 is 15.1 Å². The summed E-state index contributed by atoms with van der Waals surface area (Å²) in [4.78, 5) is 15.0. The van der Waals surface area contributed by atoms with E-state index in [1.807, 2.05) is 34.9 Å². The second kappa shape index (κ2) is 9.54. The molecule has 29 heavy (non-hydrogen) atoms. The van der Waals surface area contributed by atoms with Gasteiger partial charge in [0.1, 0.15) is 0 Å². The van der Waals surface area contributed by atoms with E-state index in [2.05, 4.69) is 6.07 Å². The summed E-state index contributed by atoms with van der Waals surface area (Å²) >= 11 is 8.19. The maximum Gasteiger partial charge on any atom is 0.227 e. The number of amides is 1. The summed E-state index contributed by atoms with van der Waals surface area (Å²) in [5.41, 5.74) is 1.97. The van der Waals surface area contributed by atoms with Gasteiger partial charge in [-0.25, -0.2) is 8.42 Å². The minimum absolute atomic E-state index is 0.0740. The molecule has 0 spiro atoms. The van der Waals surface area contributed by atoms with E-state index in [0.29, 0.717) is 23.2 Å². The van der Waals surface area contributed by atoms with Crippen LogP contribution >= 0.6 is 23.4 Å². The molecule has 0 aromatic heterocycles. The van der Waals surface area contributed by atoms with Crippen LogP contribution in [0.4, 0.5) is 0 Å². The zero-order chi connectivity index (χ0) is 21.0. The molecular weight excluding hydrogens is 426 g/mol. The summed E-state index contributed by atoms with van der Waals surface area (Å²) < 4.78 is 24.5. The van der Waals surface area contributed by atoms with Crippen molar-refractivity contribution in [3.8, 4) is 0 Å². The van der Waals surface area contributed by atoms with Crippen LogP contribution in [0.25, 0.3) is 0 Å². The molecule has 0 radical (unpaired) electrons. The molecule has 1 saturated heterocycles. The molecule has 0 bridgehead atoms. The summed E-state index contributed by atoms with van der Waals surface area (Å²) in [5.74, 6) is 0.942. The third kappa shape index (κ3) is 5.36. The average molecular weight is 452 g/mol. The number of hydrogen-bond donors (Lipinski definition) is 0. The number of nitrogens with zero attached hydrogens (tertiary/aromatic N) is 1. The average Bonchev–Trinajstić information content (AvgIpc) is 2.95. The lowest BCUT2D eigenvalue weighted by molar-refractivity contribution is -0.130. The van der Waals surface area contributed by atoms with Gasteiger partial charge < -0.3 is 4.90 Å². The SMILES string of the molecule is CC(C)S(=O)(=O)c1ccc(CC(=O)N2CCSC(c3ccccc3Cl)CC2)cc1. The molecule has 7 heteroatoms. The highest BCUT2D eigenvalue weighted by molar-refractivity contribution is 7.99. The van der Waals surface area contributed by atoms with E-state index >= 15 is 0 Å². The zero-order valence-corrected chi connectivity index (χ0v) is 19.1. The molecule has 2 aromatic rings. The van der Waals surface area contributed by atoms with Crippen molar-refractivity contribution in [3.05, 3.63) is 64.7 Å². The fraction of sp³-hybridized carbons (Fsp3) is 0.409. The van der Waals surface area contributed by atoms with Crippen LogP contribution in [0.3, 0.4) is 0 Å². The smallest absolute Gasteiger partial charge is 0.227 e. The molecule has 0 aliphatic carbocycles. The Hall–Kier alpha value is -1.50. The number of halogens is 1. The molecule has 1 aliphatic rings. The molecule has 4 nitrogen and oxygen atoms in total. The minimum Gasteiger partial charge on any atom is -0.342 e. The van der Waals surface area contributed by atoms with Gasteiger partial charge >= 0.3 is 0 Å². The van der Waals surface area contributed by atoms with E-state index in [9.17, 15) is 13.2 Å². The first-order valence-electron chi connectivity index (χ1n) is 9.75. The molecule has 1 fully saturated rings. The van der Waals surface area contributed by atoms with Gasteiger partial charge in [0.05, 0.1) is 16.6 Å². The van der Waals surface area contributed by atoms with Crippen molar-refractivity contribution < 1.29 is 13.2 Å². The predicted molar refractivity (Wildman–Crippen MR) is 120 cm³/mol. The lowest BCUT2D eigenvalue weighted by Crippen LogP contribution is -2.34. The predicted octanol–water partition coefficient (Wildman–Crippen LogP) is 4.77. The third-order valence-electron chi connectivity index (χ3n) is 5.17. The van der Waals surface area contributed by atoms with Gasteiger partial charge in [0.15, 0.2) is 9.84 Å². The van der Waals surface area contributed by atoms with Crippen LogP contribution in [0.15, 0.2) is 53.4 Å². The maximum atomic E-state index is 12.8. The summed E-state index contributed by atoms with van der Waals surface area (Å²) in [6.45, 7) is 4.74. The number of hydrogen-bond acceptors (Lipinski definition) is 4. The highest BCUT2D eigenvalue weighted by atomic mass is 35.5. The molecule has 1 heterocycles. The number of rotatable bonds is 5. The molecule has 1 atom stereocenters. The van der Waals surface area contributed by atoms with Crippen molar-refractivity contribution in [3.63, 3.8) is 0 Å². The van der Waals surface area contributed by atoms with Crippen molar-refractivity contribution in [2.75, 3.05) is 18.8 Å². The molecule has 1 unspecified atom stereocenters. The van der Waals surface area contributed by atoms with Crippen LogP contribution in [0, 0.1) is 0 Å². The van der Waals surface area contributed by atoms with Gasteiger partial charge in [0.25, 0.3) is 0 Å². The lowest BCUT2D eigenvalue weighted by Gasteiger charge is -2.20. The standard InChI is InChI=1S/C22H26ClNO3S2/c1-16(2)29(26,27)18-9-7-17(8-10-18)15-22(25)24-12-11-21(28-14-13-24)19-5-3-4-6-20(19)23/h3-10,16,21H,11-15H2,1-2H3. The van der Waals surface area contributed by atoms with Crippen molar-refractivity contribution in [2.24, 2.45) is 0 Å². The van der Waals surface area contributed by atoms with Gasteiger partial charge in [0.2, 0.25) is 5.91 Å². The van der Waals surface area contributed by atoms with Crippen LogP contribution in [0.1, 0.15) is 36.6 Å². The van der Waals surface area contributed by atoms with Crippen molar-refractivity contribution in [2.45, 2.75) is 42.1 Å². The van der Waals surface area contributed by atoms with Crippen molar-refractivity contribution >= 4 is 39.1 Å². The Labute approximate surface area is 182 Å². The topological polar surface area (TPSA) is 54.5 Å². The molecule has 156 valence electrons. The Balaban J connectivity index is 1.62. The van der Waals surface area contributed by atoms with Crippen molar-refractivity contribution in [1.82, 2.24) is 4.90 Å². The number of thioether (sulfide) groups is 1. The van der Waals surface area contributed by atoms with E-state index in [1.54, 1.807) is 38.1 Å². The molecule has 1 aliphatic heterocycles. The van der Waals surface area contributed by atoms with Crippen LogP contribution in [-0.2, 0) is 21.1 Å². The lowest BCUT2D eigenvalue weighted by atomic mass is 10.1. The van der Waals surface area contributed by atoms with E-state index in [1.165, 1.54) is 0 Å². The second-order valence-electron chi connectivity index (χ2n) is 7.46. The van der Waals surface area contributed by atoms with Gasteiger partial charge in [-0.3, -0.25) is 4.79 Å². The highest BCUT2D eigenvalue weighted by Crippen LogP contribution is 2.37. The van der Waals surface area contributed by atoms with Crippen LogP contribution < -0.4 is 0 Å². The number of benzene rings is 2. The van der Waals surface area contributed by atoms with Gasteiger partial charge in [-0.05, 0) is 49.6 Å². The molecule has 2 aromatic carbocycles. The van der Waals surface area contributed by atoms with Crippen molar-refractivity contribution in [1.29, 1.82) is 0 Å². The Bertz CT molecular complexity index is 958. The van der Waals surface area contributed by atoms with Gasteiger partial charge in [0, 0.05) is 29.1 Å².